The number of nitrogens with zero attached hydrogens (tertiary/aromatic N) is 1. The van der Waals surface area contributed by atoms with Gasteiger partial charge in [0.15, 0.2) is 0 Å². The molecular formula is C10H12N2. The molecule has 0 heterocycles. The molecule has 0 radical (unpaired) electrons. The van der Waals surface area contributed by atoms with Gasteiger partial charge in [-0.15, -0.1) is 6.42 Å². The lowest BCUT2D eigenvalue weighted by Gasteiger charge is -2.22. The fraction of sp³-hybridized carbons (Fsp3) is 0.700. The molecule has 62 valence electrons. The van der Waals surface area contributed by atoms with Crippen molar-refractivity contribution in [2.45, 2.75) is 24.8 Å². The fourth-order valence-corrected chi connectivity index (χ4v) is 2.38. The molecule has 2 rings (SSSR count). The maximum atomic E-state index is 9.06. The van der Waals surface area contributed by atoms with Crippen LogP contribution in [0.2, 0.25) is 0 Å². The minimum Gasteiger partial charge on any atom is -0.288 e. The van der Waals surface area contributed by atoms with E-state index in [0.717, 1.165) is 12.3 Å². The Morgan fingerprint density at radius 2 is 2.50 bits per heavy atom. The molecule has 2 nitrogen and oxygen atoms in total. The molecule has 2 saturated carbocycles. The highest BCUT2D eigenvalue weighted by Gasteiger charge is 2.58. The van der Waals surface area contributed by atoms with E-state index < -0.39 is 0 Å². The van der Waals surface area contributed by atoms with E-state index in [4.69, 9.17) is 11.7 Å². The van der Waals surface area contributed by atoms with Crippen LogP contribution in [0.15, 0.2) is 0 Å². The number of nitriles is 1. The minimum atomic E-state index is -0.267. The van der Waals surface area contributed by atoms with Crippen LogP contribution in [-0.2, 0) is 0 Å². The van der Waals surface area contributed by atoms with Gasteiger partial charge >= 0.3 is 0 Å². The average Bonchev–Trinajstić information content (AvgIpc) is 2.81. The second-order valence-electron chi connectivity index (χ2n) is 3.78. The summed E-state index contributed by atoms with van der Waals surface area (Å²) in [6.45, 7) is 0.525. The number of fused-ring (bicyclic) bond motifs is 1. The monoisotopic (exact) mass is 160 g/mol. The smallest absolute Gasteiger partial charge is 0.110 e. The van der Waals surface area contributed by atoms with Gasteiger partial charge in [0.1, 0.15) is 5.54 Å². The maximum absolute atomic E-state index is 9.06. The van der Waals surface area contributed by atoms with E-state index in [9.17, 15) is 0 Å². The zero-order chi connectivity index (χ0) is 8.60. The molecule has 2 fully saturated rings. The van der Waals surface area contributed by atoms with Crippen molar-refractivity contribution < 1.29 is 0 Å². The lowest BCUT2D eigenvalue weighted by Crippen LogP contribution is -2.44. The fourth-order valence-electron chi connectivity index (χ4n) is 2.38. The molecule has 0 saturated heterocycles. The topological polar surface area (TPSA) is 35.8 Å². The third-order valence-electron chi connectivity index (χ3n) is 3.17. The Bertz CT molecular complexity index is 271. The van der Waals surface area contributed by atoms with Crippen molar-refractivity contribution >= 4 is 0 Å². The molecule has 1 N–H and O–H groups in total. The Morgan fingerprint density at radius 3 is 2.92 bits per heavy atom. The van der Waals surface area contributed by atoms with Crippen molar-refractivity contribution in [1.29, 1.82) is 5.26 Å². The molecule has 0 bridgehead atoms. The van der Waals surface area contributed by atoms with Crippen molar-refractivity contribution in [1.82, 2.24) is 5.32 Å². The summed E-state index contributed by atoms with van der Waals surface area (Å²) in [5.41, 5.74) is -0.267. The number of terminal acetylenes is 1. The van der Waals surface area contributed by atoms with Gasteiger partial charge in [-0.1, -0.05) is 5.92 Å². The van der Waals surface area contributed by atoms with Crippen molar-refractivity contribution in [2.24, 2.45) is 11.8 Å². The summed E-state index contributed by atoms with van der Waals surface area (Å²) < 4.78 is 0. The van der Waals surface area contributed by atoms with Crippen molar-refractivity contribution in [3.05, 3.63) is 0 Å². The first kappa shape index (κ1) is 7.65. The third kappa shape index (κ3) is 0.924. The molecule has 0 aliphatic heterocycles. The molecule has 2 heteroatoms. The largest absolute Gasteiger partial charge is 0.288 e. The first-order valence-corrected chi connectivity index (χ1v) is 4.42. The lowest BCUT2D eigenvalue weighted by molar-refractivity contribution is 0.396. The van der Waals surface area contributed by atoms with Crippen molar-refractivity contribution in [3.8, 4) is 18.4 Å². The zero-order valence-electron chi connectivity index (χ0n) is 7.01. The summed E-state index contributed by atoms with van der Waals surface area (Å²) in [5.74, 6) is 3.94. The van der Waals surface area contributed by atoms with E-state index in [1.54, 1.807) is 0 Å². The molecule has 0 spiro atoms. The molecule has 3 atom stereocenters. The normalized spacial score (nSPS) is 42.8. The van der Waals surface area contributed by atoms with Crippen LogP contribution in [0.1, 0.15) is 19.3 Å². The summed E-state index contributed by atoms with van der Waals surface area (Å²) in [6.07, 6.45) is 8.58. The van der Waals surface area contributed by atoms with Crippen LogP contribution in [0, 0.1) is 35.5 Å². The van der Waals surface area contributed by atoms with Gasteiger partial charge in [0.2, 0.25) is 0 Å². The quantitative estimate of drug-likeness (QED) is 0.609. The molecule has 12 heavy (non-hydrogen) atoms. The molecular weight excluding hydrogens is 148 g/mol. The summed E-state index contributed by atoms with van der Waals surface area (Å²) in [4.78, 5) is 0. The van der Waals surface area contributed by atoms with Crippen LogP contribution in [0.3, 0.4) is 0 Å². The SMILES string of the molecule is C#CCNC1(C#N)CCC2CC21. The molecule has 2 aliphatic carbocycles. The Balaban J connectivity index is 2.06. The second-order valence-corrected chi connectivity index (χ2v) is 3.78. The van der Waals surface area contributed by atoms with E-state index in [1.807, 2.05) is 0 Å². The Morgan fingerprint density at radius 1 is 1.67 bits per heavy atom. The van der Waals surface area contributed by atoms with Crippen LogP contribution in [0.4, 0.5) is 0 Å². The van der Waals surface area contributed by atoms with Gasteiger partial charge < -0.3 is 0 Å². The molecule has 0 aromatic rings. The number of nitrogens with one attached hydrogen (secondary N) is 1. The van der Waals surface area contributed by atoms with Gasteiger partial charge in [-0.05, 0) is 31.1 Å². The van der Waals surface area contributed by atoms with Crippen molar-refractivity contribution in [2.75, 3.05) is 6.54 Å². The summed E-state index contributed by atoms with van der Waals surface area (Å²) in [7, 11) is 0. The summed E-state index contributed by atoms with van der Waals surface area (Å²) in [6, 6.07) is 2.40. The van der Waals surface area contributed by atoms with Gasteiger partial charge in [0.25, 0.3) is 0 Å². The molecule has 0 aromatic carbocycles. The lowest BCUT2D eigenvalue weighted by atomic mass is 9.95. The van der Waals surface area contributed by atoms with E-state index in [0.29, 0.717) is 12.5 Å². The van der Waals surface area contributed by atoms with Crippen molar-refractivity contribution in [3.63, 3.8) is 0 Å². The first-order chi connectivity index (χ1) is 5.82. The van der Waals surface area contributed by atoms with Crippen LogP contribution in [0.25, 0.3) is 0 Å². The van der Waals surface area contributed by atoms with E-state index in [1.165, 1.54) is 12.8 Å². The van der Waals surface area contributed by atoms with Gasteiger partial charge in [0.05, 0.1) is 12.6 Å². The van der Waals surface area contributed by atoms with Gasteiger partial charge in [-0.25, -0.2) is 0 Å². The predicted octanol–water partition coefficient (Wildman–Crippen LogP) is 0.901. The number of hydrogen-bond donors (Lipinski definition) is 1. The molecule has 2 aliphatic rings. The zero-order valence-corrected chi connectivity index (χ0v) is 7.01. The Labute approximate surface area is 73.0 Å². The van der Waals surface area contributed by atoms with Gasteiger partial charge in [0, 0.05) is 0 Å². The van der Waals surface area contributed by atoms with Crippen LogP contribution in [-0.4, -0.2) is 12.1 Å². The first-order valence-electron chi connectivity index (χ1n) is 4.42. The van der Waals surface area contributed by atoms with Gasteiger partial charge in [-0.2, -0.15) is 5.26 Å². The maximum Gasteiger partial charge on any atom is 0.110 e. The highest BCUT2D eigenvalue weighted by Crippen LogP contribution is 2.57. The third-order valence-corrected chi connectivity index (χ3v) is 3.17. The highest BCUT2D eigenvalue weighted by atomic mass is 15.0. The Kier molecular flexibility index (Phi) is 1.60. The molecule has 3 unspecified atom stereocenters. The highest BCUT2D eigenvalue weighted by molar-refractivity contribution is 5.23. The second kappa shape index (κ2) is 2.51. The molecule has 0 aromatic heterocycles. The van der Waals surface area contributed by atoms with Gasteiger partial charge in [-0.3, -0.25) is 5.32 Å². The van der Waals surface area contributed by atoms with E-state index in [2.05, 4.69) is 17.3 Å². The van der Waals surface area contributed by atoms with Crippen LogP contribution in [0.5, 0.6) is 0 Å². The summed E-state index contributed by atoms with van der Waals surface area (Å²) in [5, 5.41) is 12.2. The van der Waals surface area contributed by atoms with Crippen LogP contribution < -0.4 is 5.32 Å². The van der Waals surface area contributed by atoms with E-state index in [-0.39, 0.29) is 5.54 Å². The number of rotatable bonds is 2. The minimum absolute atomic E-state index is 0.267. The standard InChI is InChI=1S/C10H12N2/c1-2-5-12-10(7-11)4-3-8-6-9(8)10/h1,8-9,12H,3-6H2. The predicted molar refractivity (Wildman–Crippen MR) is 46.0 cm³/mol. The summed E-state index contributed by atoms with van der Waals surface area (Å²) >= 11 is 0. The Hall–Kier alpha value is -0.990. The van der Waals surface area contributed by atoms with Crippen LogP contribution >= 0.6 is 0 Å². The number of hydrogen-bond acceptors (Lipinski definition) is 2. The van der Waals surface area contributed by atoms with E-state index >= 15 is 0 Å². The average molecular weight is 160 g/mol. The molecule has 0 amide bonds.